The van der Waals surface area contributed by atoms with Crippen LogP contribution in [0.25, 0.3) is 11.4 Å². The number of amides is 1. The van der Waals surface area contributed by atoms with Crippen LogP contribution in [0, 0.1) is 13.8 Å². The maximum absolute atomic E-state index is 12.5. The van der Waals surface area contributed by atoms with E-state index in [4.69, 9.17) is 4.98 Å². The first-order valence-electron chi connectivity index (χ1n) is 10.4. The third-order valence-corrected chi connectivity index (χ3v) is 7.05. The lowest BCUT2D eigenvalue weighted by Crippen LogP contribution is -2.23. The molecule has 7 nitrogen and oxygen atoms in total. The summed E-state index contributed by atoms with van der Waals surface area (Å²) in [5.74, 6) is 1.32. The number of hydrogen-bond acceptors (Lipinski definition) is 7. The number of anilines is 2. The average Bonchev–Trinajstić information content (AvgIpc) is 3.43. The number of pyridine rings is 1. The van der Waals surface area contributed by atoms with Crippen molar-refractivity contribution in [3.05, 3.63) is 77.6 Å². The van der Waals surface area contributed by atoms with Gasteiger partial charge in [-0.25, -0.2) is 4.98 Å². The molecule has 0 fully saturated rings. The van der Waals surface area contributed by atoms with Crippen molar-refractivity contribution in [3.63, 3.8) is 0 Å². The summed E-state index contributed by atoms with van der Waals surface area (Å²) in [6.45, 7) is 10.1. The predicted molar refractivity (Wildman–Crippen MR) is 134 cm³/mol. The highest BCUT2D eigenvalue weighted by atomic mass is 32.2. The number of allylic oxidation sites excluding steroid dienone is 1. The van der Waals surface area contributed by atoms with Crippen LogP contribution in [-0.4, -0.2) is 30.6 Å². The van der Waals surface area contributed by atoms with Crippen molar-refractivity contribution < 1.29 is 4.79 Å². The SMILES string of the molecule is C=CCn1c(SCc2csc(N(C(C)=O)c3cccc(C)c3C)n2)nnc1-c1ccncc1. The number of thioether (sulfide) groups is 1. The van der Waals surface area contributed by atoms with Crippen LogP contribution in [-0.2, 0) is 17.1 Å². The summed E-state index contributed by atoms with van der Waals surface area (Å²) in [6.07, 6.45) is 5.30. The Morgan fingerprint density at radius 1 is 1.21 bits per heavy atom. The molecular formula is C24H24N6OS2. The van der Waals surface area contributed by atoms with Crippen LogP contribution in [0.1, 0.15) is 23.7 Å². The Kier molecular flexibility index (Phi) is 7.00. The van der Waals surface area contributed by atoms with E-state index in [1.54, 1.807) is 36.0 Å². The summed E-state index contributed by atoms with van der Waals surface area (Å²) < 4.78 is 2.03. The van der Waals surface area contributed by atoms with Crippen LogP contribution in [0.15, 0.2) is 65.9 Å². The standard InChI is InChI=1S/C24H24N6OS2/c1-5-13-29-22(19-9-11-25-12-10-19)27-28-24(29)33-15-20-14-32-23(26-20)30(18(4)31)21-8-6-7-16(2)17(21)3/h5-12,14H,1,13,15H2,2-4H3. The number of benzene rings is 1. The number of hydrogen-bond donors (Lipinski definition) is 0. The highest BCUT2D eigenvalue weighted by Gasteiger charge is 2.21. The van der Waals surface area contributed by atoms with Crippen molar-refractivity contribution in [1.82, 2.24) is 24.7 Å². The molecule has 0 aliphatic rings. The normalized spacial score (nSPS) is 10.9. The molecule has 4 rings (SSSR count). The largest absolute Gasteiger partial charge is 0.298 e. The Morgan fingerprint density at radius 3 is 2.73 bits per heavy atom. The molecule has 168 valence electrons. The molecule has 0 saturated carbocycles. The van der Waals surface area contributed by atoms with E-state index in [-0.39, 0.29) is 5.91 Å². The van der Waals surface area contributed by atoms with Gasteiger partial charge >= 0.3 is 0 Å². The first-order chi connectivity index (χ1) is 16.0. The van der Waals surface area contributed by atoms with Gasteiger partial charge in [0.1, 0.15) is 0 Å². The van der Waals surface area contributed by atoms with Crippen LogP contribution < -0.4 is 4.90 Å². The molecule has 0 saturated heterocycles. The number of carbonyl (C=O) groups is 1. The van der Waals surface area contributed by atoms with Gasteiger partial charge in [0.05, 0.1) is 11.4 Å². The molecule has 3 aromatic heterocycles. The fourth-order valence-electron chi connectivity index (χ4n) is 3.39. The minimum absolute atomic E-state index is 0.0648. The third-order valence-electron chi connectivity index (χ3n) is 5.18. The molecule has 1 amide bonds. The van der Waals surface area contributed by atoms with Crippen LogP contribution in [0.4, 0.5) is 10.8 Å². The zero-order valence-corrected chi connectivity index (χ0v) is 20.4. The van der Waals surface area contributed by atoms with E-state index in [0.717, 1.165) is 39.1 Å². The van der Waals surface area contributed by atoms with Gasteiger partial charge in [-0.2, -0.15) is 0 Å². The number of thiazole rings is 1. The number of nitrogens with zero attached hydrogens (tertiary/aromatic N) is 6. The first kappa shape index (κ1) is 22.9. The molecule has 0 spiro atoms. The fraction of sp³-hybridized carbons (Fsp3) is 0.208. The van der Waals surface area contributed by atoms with Gasteiger partial charge in [0, 0.05) is 42.6 Å². The molecule has 0 bridgehead atoms. The molecule has 1 aromatic carbocycles. The Hall–Kier alpha value is -3.30. The van der Waals surface area contributed by atoms with Crippen molar-refractivity contribution in [1.29, 1.82) is 0 Å². The number of rotatable bonds is 8. The molecule has 0 unspecified atom stereocenters. The summed E-state index contributed by atoms with van der Waals surface area (Å²) >= 11 is 3.02. The Labute approximate surface area is 201 Å². The maximum Gasteiger partial charge on any atom is 0.230 e. The molecule has 0 radical (unpaired) electrons. The van der Waals surface area contributed by atoms with E-state index >= 15 is 0 Å². The summed E-state index contributed by atoms with van der Waals surface area (Å²) in [4.78, 5) is 23.0. The van der Waals surface area contributed by atoms with Crippen molar-refractivity contribution >= 4 is 39.8 Å². The smallest absolute Gasteiger partial charge is 0.230 e. The Balaban J connectivity index is 1.56. The molecular weight excluding hydrogens is 452 g/mol. The predicted octanol–water partition coefficient (Wildman–Crippen LogP) is 5.58. The van der Waals surface area contributed by atoms with Gasteiger partial charge in [-0.05, 0) is 43.2 Å². The van der Waals surface area contributed by atoms with Crippen molar-refractivity contribution in [3.8, 4) is 11.4 Å². The van der Waals surface area contributed by atoms with E-state index in [1.807, 2.05) is 60.2 Å². The Bertz CT molecular complexity index is 1280. The van der Waals surface area contributed by atoms with Crippen molar-refractivity contribution in [2.75, 3.05) is 4.90 Å². The second kappa shape index (κ2) is 10.1. The van der Waals surface area contributed by atoms with Gasteiger partial charge in [-0.15, -0.1) is 28.1 Å². The summed E-state index contributed by atoms with van der Waals surface area (Å²) in [5.41, 5.74) is 4.91. The Morgan fingerprint density at radius 2 is 2.00 bits per heavy atom. The number of aryl methyl sites for hydroxylation is 1. The highest BCUT2D eigenvalue weighted by molar-refractivity contribution is 7.98. The quantitative estimate of drug-likeness (QED) is 0.244. The lowest BCUT2D eigenvalue weighted by Gasteiger charge is -2.21. The van der Waals surface area contributed by atoms with E-state index < -0.39 is 0 Å². The number of carbonyl (C=O) groups excluding carboxylic acids is 1. The van der Waals surface area contributed by atoms with Gasteiger partial charge in [0.25, 0.3) is 0 Å². The topological polar surface area (TPSA) is 76.8 Å². The van der Waals surface area contributed by atoms with Gasteiger partial charge in [-0.1, -0.05) is 30.0 Å². The lowest BCUT2D eigenvalue weighted by atomic mass is 10.1. The molecule has 33 heavy (non-hydrogen) atoms. The minimum Gasteiger partial charge on any atom is -0.298 e. The van der Waals surface area contributed by atoms with Gasteiger partial charge in [0.2, 0.25) is 5.91 Å². The average molecular weight is 477 g/mol. The van der Waals surface area contributed by atoms with Gasteiger partial charge in [0.15, 0.2) is 16.1 Å². The van der Waals surface area contributed by atoms with Crippen LogP contribution in [0.3, 0.4) is 0 Å². The van der Waals surface area contributed by atoms with E-state index in [9.17, 15) is 4.79 Å². The molecule has 4 aromatic rings. The van der Waals surface area contributed by atoms with Gasteiger partial charge < -0.3 is 0 Å². The maximum atomic E-state index is 12.5. The van der Waals surface area contributed by atoms with Gasteiger partial charge in [-0.3, -0.25) is 19.2 Å². The van der Waals surface area contributed by atoms with Crippen molar-refractivity contribution in [2.24, 2.45) is 0 Å². The molecule has 0 aliphatic carbocycles. The summed E-state index contributed by atoms with van der Waals surface area (Å²) in [5, 5.41) is 12.2. The lowest BCUT2D eigenvalue weighted by molar-refractivity contribution is -0.115. The fourth-order valence-corrected chi connectivity index (χ4v) is 5.22. The minimum atomic E-state index is -0.0648. The molecule has 0 aliphatic heterocycles. The number of aromatic nitrogens is 5. The molecule has 9 heteroatoms. The molecule has 3 heterocycles. The summed E-state index contributed by atoms with van der Waals surface area (Å²) in [7, 11) is 0. The van der Waals surface area contributed by atoms with E-state index in [1.165, 1.54) is 11.3 Å². The second-order valence-corrected chi connectivity index (χ2v) is 9.20. The highest BCUT2D eigenvalue weighted by Crippen LogP contribution is 2.34. The monoisotopic (exact) mass is 476 g/mol. The second-order valence-electron chi connectivity index (χ2n) is 7.42. The first-order valence-corrected chi connectivity index (χ1v) is 12.2. The zero-order chi connectivity index (χ0) is 23.4. The van der Waals surface area contributed by atoms with E-state index in [0.29, 0.717) is 17.4 Å². The van der Waals surface area contributed by atoms with E-state index in [2.05, 4.69) is 21.8 Å². The van der Waals surface area contributed by atoms with Crippen LogP contribution in [0.2, 0.25) is 0 Å². The van der Waals surface area contributed by atoms with Crippen LogP contribution in [0.5, 0.6) is 0 Å². The van der Waals surface area contributed by atoms with Crippen molar-refractivity contribution in [2.45, 2.75) is 38.2 Å². The molecule has 0 N–H and O–H groups in total. The zero-order valence-electron chi connectivity index (χ0n) is 18.7. The van der Waals surface area contributed by atoms with Crippen LogP contribution >= 0.6 is 23.1 Å². The summed E-state index contributed by atoms with van der Waals surface area (Å²) in [6, 6.07) is 9.78. The molecule has 0 atom stereocenters. The third kappa shape index (κ3) is 4.89.